The van der Waals surface area contributed by atoms with E-state index < -0.39 is 11.9 Å². The van der Waals surface area contributed by atoms with E-state index in [0.29, 0.717) is 6.42 Å². The molecule has 2 rings (SSSR count). The molecule has 1 aromatic carbocycles. The fourth-order valence-electron chi connectivity index (χ4n) is 2.77. The SMILES string of the molecule is Cc1cc(C)c(C2C(=O)CC(C)OC2=O)c(C)c1. The van der Waals surface area contributed by atoms with Crippen LogP contribution in [0.3, 0.4) is 0 Å². The van der Waals surface area contributed by atoms with Crippen LogP contribution in [0.2, 0.25) is 0 Å². The highest BCUT2D eigenvalue weighted by Gasteiger charge is 2.38. The minimum atomic E-state index is -0.734. The first kappa shape index (κ1) is 12.8. The van der Waals surface area contributed by atoms with Crippen LogP contribution in [-0.4, -0.2) is 17.9 Å². The van der Waals surface area contributed by atoms with Gasteiger partial charge in [-0.2, -0.15) is 0 Å². The third-order valence-corrected chi connectivity index (χ3v) is 3.39. The predicted molar refractivity (Wildman–Crippen MR) is 68.6 cm³/mol. The number of hydrogen-bond acceptors (Lipinski definition) is 3. The van der Waals surface area contributed by atoms with Crippen LogP contribution in [0.5, 0.6) is 0 Å². The maximum Gasteiger partial charge on any atom is 0.321 e. The summed E-state index contributed by atoms with van der Waals surface area (Å²) in [6.07, 6.45) is 0.00991. The largest absolute Gasteiger partial charge is 0.461 e. The topological polar surface area (TPSA) is 43.4 Å². The van der Waals surface area contributed by atoms with Crippen molar-refractivity contribution in [2.75, 3.05) is 0 Å². The van der Waals surface area contributed by atoms with Crippen molar-refractivity contribution in [1.82, 2.24) is 0 Å². The summed E-state index contributed by atoms with van der Waals surface area (Å²) in [4.78, 5) is 24.1. The van der Waals surface area contributed by atoms with Gasteiger partial charge in [-0.1, -0.05) is 17.7 Å². The molecule has 1 saturated heterocycles. The molecule has 1 aliphatic rings. The zero-order valence-electron chi connectivity index (χ0n) is 11.2. The lowest BCUT2D eigenvalue weighted by Gasteiger charge is -2.27. The molecule has 1 aliphatic heterocycles. The molecule has 0 saturated carbocycles. The molecule has 3 nitrogen and oxygen atoms in total. The average molecular weight is 246 g/mol. The second-order valence-corrected chi connectivity index (χ2v) is 5.16. The van der Waals surface area contributed by atoms with Gasteiger partial charge in [0.1, 0.15) is 12.0 Å². The molecule has 0 N–H and O–H groups in total. The molecule has 1 fully saturated rings. The van der Waals surface area contributed by atoms with Crippen LogP contribution in [0.4, 0.5) is 0 Å². The molecule has 0 radical (unpaired) electrons. The fraction of sp³-hybridized carbons (Fsp3) is 0.467. The quantitative estimate of drug-likeness (QED) is 0.565. The number of benzene rings is 1. The summed E-state index contributed by atoms with van der Waals surface area (Å²) in [7, 11) is 0. The van der Waals surface area contributed by atoms with Crippen LogP contribution in [0.1, 0.15) is 41.5 Å². The Morgan fingerprint density at radius 1 is 1.11 bits per heavy atom. The van der Waals surface area contributed by atoms with Gasteiger partial charge in [0.05, 0.1) is 0 Å². The van der Waals surface area contributed by atoms with E-state index in [1.54, 1.807) is 6.92 Å². The van der Waals surface area contributed by atoms with Crippen molar-refractivity contribution in [3.63, 3.8) is 0 Å². The maximum atomic E-state index is 12.1. The van der Waals surface area contributed by atoms with Crippen molar-refractivity contribution in [3.05, 3.63) is 34.4 Å². The monoisotopic (exact) mass is 246 g/mol. The van der Waals surface area contributed by atoms with Crippen LogP contribution in [0.15, 0.2) is 12.1 Å². The van der Waals surface area contributed by atoms with Crippen LogP contribution in [-0.2, 0) is 14.3 Å². The molecule has 2 atom stereocenters. The van der Waals surface area contributed by atoms with E-state index in [4.69, 9.17) is 4.74 Å². The van der Waals surface area contributed by atoms with Gasteiger partial charge < -0.3 is 4.74 Å². The molecule has 1 aromatic rings. The van der Waals surface area contributed by atoms with Crippen LogP contribution in [0, 0.1) is 20.8 Å². The molecular weight excluding hydrogens is 228 g/mol. The number of esters is 1. The summed E-state index contributed by atoms with van der Waals surface area (Å²) in [5.74, 6) is -1.18. The van der Waals surface area contributed by atoms with Crippen molar-refractivity contribution >= 4 is 11.8 Å². The van der Waals surface area contributed by atoms with Crippen molar-refractivity contribution in [1.29, 1.82) is 0 Å². The molecule has 0 aliphatic carbocycles. The molecule has 96 valence electrons. The Kier molecular flexibility index (Phi) is 3.24. The third kappa shape index (κ3) is 2.17. The molecule has 1 heterocycles. The second kappa shape index (κ2) is 4.56. The van der Waals surface area contributed by atoms with Crippen molar-refractivity contribution < 1.29 is 14.3 Å². The molecule has 18 heavy (non-hydrogen) atoms. The lowest BCUT2D eigenvalue weighted by Crippen LogP contribution is -2.36. The zero-order valence-corrected chi connectivity index (χ0v) is 11.2. The molecule has 0 bridgehead atoms. The van der Waals surface area contributed by atoms with E-state index in [-0.39, 0.29) is 11.9 Å². The number of hydrogen-bond donors (Lipinski definition) is 0. The number of ketones is 1. The Labute approximate surface area is 107 Å². The zero-order chi connectivity index (χ0) is 13.4. The number of Topliss-reactive ketones (excluding diaryl/α,β-unsaturated/α-hetero) is 1. The van der Waals surface area contributed by atoms with Gasteiger partial charge in [0.2, 0.25) is 0 Å². The molecule has 0 aromatic heterocycles. The van der Waals surface area contributed by atoms with Crippen molar-refractivity contribution in [2.45, 2.75) is 46.1 Å². The number of cyclic esters (lactones) is 1. The van der Waals surface area contributed by atoms with Gasteiger partial charge in [0.25, 0.3) is 0 Å². The van der Waals surface area contributed by atoms with Gasteiger partial charge in [0.15, 0.2) is 5.78 Å². The fourth-order valence-corrected chi connectivity index (χ4v) is 2.77. The average Bonchev–Trinajstić information content (AvgIpc) is 2.20. The number of rotatable bonds is 1. The molecular formula is C15H18O3. The summed E-state index contributed by atoms with van der Waals surface area (Å²) in [6, 6.07) is 4.00. The number of aryl methyl sites for hydroxylation is 3. The lowest BCUT2D eigenvalue weighted by atomic mass is 9.84. The Hall–Kier alpha value is -1.64. The normalized spacial score (nSPS) is 24.0. The van der Waals surface area contributed by atoms with Gasteiger partial charge in [-0.15, -0.1) is 0 Å². The maximum absolute atomic E-state index is 12.1. The highest BCUT2D eigenvalue weighted by atomic mass is 16.5. The van der Waals surface area contributed by atoms with Crippen LogP contribution >= 0.6 is 0 Å². The number of carbonyl (C=O) groups excluding carboxylic acids is 2. The van der Waals surface area contributed by atoms with Gasteiger partial charge >= 0.3 is 5.97 Å². The standard InChI is InChI=1S/C15H18O3/c1-8-5-9(2)13(10(3)6-8)14-12(16)7-11(4)18-15(14)17/h5-6,11,14H,7H2,1-4H3. The van der Waals surface area contributed by atoms with Gasteiger partial charge in [-0.25, -0.2) is 0 Å². The van der Waals surface area contributed by atoms with E-state index in [2.05, 4.69) is 0 Å². The first-order chi connectivity index (χ1) is 8.40. The van der Waals surface area contributed by atoms with Crippen LogP contribution in [0.25, 0.3) is 0 Å². The number of ether oxygens (including phenoxy) is 1. The number of carbonyl (C=O) groups is 2. The van der Waals surface area contributed by atoms with Crippen molar-refractivity contribution in [3.8, 4) is 0 Å². The minimum absolute atomic E-state index is 0.0335. The van der Waals surface area contributed by atoms with Gasteiger partial charge in [-0.3, -0.25) is 9.59 Å². The first-order valence-electron chi connectivity index (χ1n) is 6.21. The first-order valence-corrected chi connectivity index (χ1v) is 6.21. The summed E-state index contributed by atoms with van der Waals surface area (Å²) < 4.78 is 5.20. The van der Waals surface area contributed by atoms with E-state index in [0.717, 1.165) is 22.3 Å². The molecule has 0 amide bonds. The Balaban J connectivity index is 2.48. The van der Waals surface area contributed by atoms with E-state index in [9.17, 15) is 9.59 Å². The van der Waals surface area contributed by atoms with Crippen LogP contribution < -0.4 is 0 Å². The lowest BCUT2D eigenvalue weighted by molar-refractivity contribution is -0.159. The predicted octanol–water partition coefficient (Wildman–Crippen LogP) is 2.60. The van der Waals surface area contributed by atoms with Gasteiger partial charge in [-0.05, 0) is 44.4 Å². The molecule has 0 spiro atoms. The summed E-state index contributed by atoms with van der Waals surface area (Å²) >= 11 is 0. The Morgan fingerprint density at radius 2 is 1.67 bits per heavy atom. The summed E-state index contributed by atoms with van der Waals surface area (Å²) in [5.41, 5.74) is 3.93. The van der Waals surface area contributed by atoms with Crippen molar-refractivity contribution in [2.24, 2.45) is 0 Å². The Bertz CT molecular complexity index is 475. The van der Waals surface area contributed by atoms with E-state index >= 15 is 0 Å². The highest BCUT2D eigenvalue weighted by molar-refractivity contribution is 6.06. The van der Waals surface area contributed by atoms with E-state index in [1.807, 2.05) is 32.9 Å². The van der Waals surface area contributed by atoms with Gasteiger partial charge in [0, 0.05) is 6.42 Å². The summed E-state index contributed by atoms with van der Waals surface area (Å²) in [5, 5.41) is 0. The Morgan fingerprint density at radius 3 is 2.17 bits per heavy atom. The molecule has 2 unspecified atom stereocenters. The molecule has 3 heteroatoms. The van der Waals surface area contributed by atoms with E-state index in [1.165, 1.54) is 0 Å². The highest BCUT2D eigenvalue weighted by Crippen LogP contribution is 2.31. The summed E-state index contributed by atoms with van der Waals surface area (Å²) in [6.45, 7) is 7.63. The minimum Gasteiger partial charge on any atom is -0.461 e. The smallest absolute Gasteiger partial charge is 0.321 e. The third-order valence-electron chi connectivity index (χ3n) is 3.39. The second-order valence-electron chi connectivity index (χ2n) is 5.16.